The second-order valence-corrected chi connectivity index (χ2v) is 4.43. The van der Waals surface area contributed by atoms with Gasteiger partial charge in [-0.15, -0.1) is 35.3 Å². The van der Waals surface area contributed by atoms with Crippen molar-refractivity contribution in [3.63, 3.8) is 0 Å². The average Bonchev–Trinajstić information content (AvgIpc) is 2.79. The summed E-state index contributed by atoms with van der Waals surface area (Å²) >= 11 is 7.07. The van der Waals surface area contributed by atoms with Gasteiger partial charge in [0.15, 0.2) is 5.13 Å². The van der Waals surface area contributed by atoms with E-state index in [4.69, 9.17) is 11.6 Å². The highest BCUT2D eigenvalue weighted by atomic mass is 35.5. The van der Waals surface area contributed by atoms with Crippen molar-refractivity contribution in [2.75, 3.05) is 5.32 Å². The summed E-state index contributed by atoms with van der Waals surface area (Å²) in [6.07, 6.45) is 0. The molecule has 2 rings (SSSR count). The molecule has 0 spiro atoms. The van der Waals surface area contributed by atoms with Crippen molar-refractivity contribution < 1.29 is 13.5 Å². The minimum absolute atomic E-state index is 0. The first-order valence-electron chi connectivity index (χ1n) is 4.99. The van der Waals surface area contributed by atoms with Gasteiger partial charge in [0.2, 0.25) is 0 Å². The molecule has 104 valence electrons. The Morgan fingerprint density at radius 1 is 1.32 bits per heavy atom. The molecule has 8 heteroatoms. The number of hydrogen-bond donors (Lipinski definition) is 1. The molecule has 0 unspecified atom stereocenters. The third kappa shape index (κ3) is 4.81. The van der Waals surface area contributed by atoms with Crippen LogP contribution in [-0.4, -0.2) is 11.6 Å². The average molecular weight is 327 g/mol. The lowest BCUT2D eigenvalue weighted by molar-refractivity contribution is -0.0498. The summed E-state index contributed by atoms with van der Waals surface area (Å²) in [6, 6.07) is 6.20. The Morgan fingerprint density at radius 3 is 2.53 bits per heavy atom. The summed E-state index contributed by atoms with van der Waals surface area (Å²) in [4.78, 5) is 4.22. The van der Waals surface area contributed by atoms with Gasteiger partial charge < -0.3 is 10.1 Å². The van der Waals surface area contributed by atoms with Crippen molar-refractivity contribution >= 4 is 46.2 Å². The van der Waals surface area contributed by atoms with Gasteiger partial charge in [-0.05, 0) is 24.3 Å². The zero-order chi connectivity index (χ0) is 13.0. The molecule has 0 saturated heterocycles. The Kier molecular flexibility index (Phi) is 6.27. The van der Waals surface area contributed by atoms with Gasteiger partial charge in [0.1, 0.15) is 5.75 Å². The summed E-state index contributed by atoms with van der Waals surface area (Å²) in [6.45, 7) is -2.81. The van der Waals surface area contributed by atoms with Crippen LogP contribution in [0.15, 0.2) is 29.6 Å². The van der Waals surface area contributed by atoms with Crippen LogP contribution < -0.4 is 10.1 Å². The Bertz CT molecular complexity index is 508. The Morgan fingerprint density at radius 2 is 2.00 bits per heavy atom. The zero-order valence-electron chi connectivity index (χ0n) is 9.48. The van der Waals surface area contributed by atoms with Crippen molar-refractivity contribution in [1.82, 2.24) is 4.98 Å². The largest absolute Gasteiger partial charge is 0.435 e. The Labute approximate surface area is 124 Å². The number of alkyl halides is 3. The molecule has 0 aliphatic heterocycles. The first-order valence-corrected chi connectivity index (χ1v) is 6.41. The van der Waals surface area contributed by atoms with E-state index in [1.807, 2.05) is 5.38 Å². The van der Waals surface area contributed by atoms with Gasteiger partial charge in [0.25, 0.3) is 0 Å². The molecule has 2 aromatic rings. The highest BCUT2D eigenvalue weighted by Crippen LogP contribution is 2.23. The van der Waals surface area contributed by atoms with Crippen LogP contribution in [0.3, 0.4) is 0 Å². The van der Waals surface area contributed by atoms with Crippen LogP contribution in [0.2, 0.25) is 0 Å². The molecule has 1 heterocycles. The highest BCUT2D eigenvalue weighted by Gasteiger charge is 2.05. The Balaban J connectivity index is 0.00000180. The number of anilines is 2. The maximum Gasteiger partial charge on any atom is 0.387 e. The van der Waals surface area contributed by atoms with E-state index < -0.39 is 6.61 Å². The molecular formula is C11H10Cl2F2N2OS. The maximum atomic E-state index is 12.0. The second kappa shape index (κ2) is 7.47. The number of aromatic nitrogens is 1. The SMILES string of the molecule is Cl.FC(F)Oc1ccc(Nc2nc(CCl)cs2)cc1. The third-order valence-corrected chi connectivity index (χ3v) is 3.10. The van der Waals surface area contributed by atoms with Gasteiger partial charge in [0.05, 0.1) is 11.6 Å². The fourth-order valence-electron chi connectivity index (χ4n) is 1.27. The van der Waals surface area contributed by atoms with Crippen LogP contribution in [0.25, 0.3) is 0 Å². The molecule has 1 aromatic heterocycles. The van der Waals surface area contributed by atoms with Gasteiger partial charge in [-0.3, -0.25) is 0 Å². The predicted molar refractivity (Wildman–Crippen MR) is 75.3 cm³/mol. The number of ether oxygens (including phenoxy) is 1. The minimum Gasteiger partial charge on any atom is -0.435 e. The predicted octanol–water partition coefficient (Wildman–Crippen LogP) is 4.65. The van der Waals surface area contributed by atoms with Crippen LogP contribution in [-0.2, 0) is 5.88 Å². The van der Waals surface area contributed by atoms with Crippen LogP contribution in [0, 0.1) is 0 Å². The van der Waals surface area contributed by atoms with Gasteiger partial charge in [-0.1, -0.05) is 0 Å². The summed E-state index contributed by atoms with van der Waals surface area (Å²) in [5.74, 6) is 0.482. The number of benzene rings is 1. The molecule has 0 aliphatic carbocycles. The molecule has 0 bridgehead atoms. The summed E-state index contributed by atoms with van der Waals surface area (Å²) in [5, 5.41) is 5.60. The molecule has 3 nitrogen and oxygen atoms in total. The smallest absolute Gasteiger partial charge is 0.387 e. The van der Waals surface area contributed by atoms with Gasteiger partial charge in [-0.25, -0.2) is 4.98 Å². The number of rotatable bonds is 5. The quantitative estimate of drug-likeness (QED) is 0.812. The maximum absolute atomic E-state index is 12.0. The lowest BCUT2D eigenvalue weighted by Gasteiger charge is -2.06. The fourth-order valence-corrected chi connectivity index (χ4v) is 2.23. The molecule has 0 aliphatic rings. The standard InChI is InChI=1S/C11H9ClF2N2OS.ClH/c12-5-8-6-18-11(16-8)15-7-1-3-9(4-2-7)17-10(13)14;/h1-4,6,10H,5H2,(H,15,16);1H. The summed E-state index contributed by atoms with van der Waals surface area (Å²) in [5.41, 5.74) is 1.54. The van der Waals surface area contributed by atoms with Crippen LogP contribution in [0.4, 0.5) is 19.6 Å². The van der Waals surface area contributed by atoms with E-state index >= 15 is 0 Å². The number of halogens is 4. The molecule has 0 fully saturated rings. The van der Waals surface area contributed by atoms with Gasteiger partial charge in [-0.2, -0.15) is 8.78 Å². The van der Waals surface area contributed by atoms with Crippen molar-refractivity contribution in [2.24, 2.45) is 0 Å². The van der Waals surface area contributed by atoms with Crippen LogP contribution in [0.1, 0.15) is 5.69 Å². The van der Waals surface area contributed by atoms with E-state index in [-0.39, 0.29) is 18.2 Å². The number of hydrogen-bond acceptors (Lipinski definition) is 4. The number of nitrogens with zero attached hydrogens (tertiary/aromatic N) is 1. The van der Waals surface area contributed by atoms with E-state index in [9.17, 15) is 8.78 Å². The lowest BCUT2D eigenvalue weighted by Crippen LogP contribution is -2.01. The van der Waals surface area contributed by atoms with Gasteiger partial charge >= 0.3 is 6.61 Å². The normalized spacial score (nSPS) is 10.1. The van der Waals surface area contributed by atoms with Gasteiger partial charge in [0, 0.05) is 11.1 Å². The monoisotopic (exact) mass is 326 g/mol. The number of nitrogens with one attached hydrogen (secondary N) is 1. The zero-order valence-corrected chi connectivity index (χ0v) is 11.9. The molecular weight excluding hydrogens is 317 g/mol. The third-order valence-electron chi connectivity index (χ3n) is 2.02. The van der Waals surface area contributed by atoms with Crippen molar-refractivity contribution in [1.29, 1.82) is 0 Å². The molecule has 0 amide bonds. The van der Waals surface area contributed by atoms with Crippen LogP contribution in [0.5, 0.6) is 5.75 Å². The highest BCUT2D eigenvalue weighted by molar-refractivity contribution is 7.13. The van der Waals surface area contributed by atoms with E-state index in [2.05, 4.69) is 15.0 Å². The topological polar surface area (TPSA) is 34.1 Å². The molecule has 0 atom stereocenters. The van der Waals surface area contributed by atoms with E-state index in [1.54, 1.807) is 12.1 Å². The van der Waals surface area contributed by atoms with Crippen molar-refractivity contribution in [3.05, 3.63) is 35.3 Å². The van der Waals surface area contributed by atoms with E-state index in [1.165, 1.54) is 23.5 Å². The second-order valence-electron chi connectivity index (χ2n) is 3.31. The summed E-state index contributed by atoms with van der Waals surface area (Å²) in [7, 11) is 0. The number of thiazole rings is 1. The molecule has 1 N–H and O–H groups in total. The first-order chi connectivity index (χ1) is 8.67. The first kappa shape index (κ1) is 15.9. The lowest BCUT2D eigenvalue weighted by atomic mass is 10.3. The molecule has 0 saturated carbocycles. The van der Waals surface area contributed by atoms with Crippen molar-refractivity contribution in [2.45, 2.75) is 12.5 Å². The minimum atomic E-state index is -2.81. The Hall–Kier alpha value is -1.11. The van der Waals surface area contributed by atoms with E-state index in [0.717, 1.165) is 11.4 Å². The summed E-state index contributed by atoms with van der Waals surface area (Å²) < 4.78 is 28.2. The molecule has 0 radical (unpaired) electrons. The molecule has 1 aromatic carbocycles. The fraction of sp³-hybridized carbons (Fsp3) is 0.182. The molecule has 19 heavy (non-hydrogen) atoms. The van der Waals surface area contributed by atoms with E-state index in [0.29, 0.717) is 11.0 Å². The van der Waals surface area contributed by atoms with Crippen molar-refractivity contribution in [3.8, 4) is 5.75 Å². The van der Waals surface area contributed by atoms with Crippen LogP contribution >= 0.6 is 35.3 Å².